The summed E-state index contributed by atoms with van der Waals surface area (Å²) in [5, 5.41) is 2.37. The number of aryl methyl sites for hydroxylation is 1. The molecule has 6 heteroatoms. The SMILES string of the molecule is COc1ccc2c(c1)c1c(n2C)CN(c2ccc3sc(N(C)C)nc3c2)CC1. The van der Waals surface area contributed by atoms with Gasteiger partial charge in [-0.1, -0.05) is 11.3 Å². The Morgan fingerprint density at radius 3 is 2.79 bits per heavy atom. The maximum Gasteiger partial charge on any atom is 0.185 e. The first-order valence-corrected chi connectivity index (χ1v) is 10.3. The molecule has 5 nitrogen and oxygen atoms in total. The van der Waals surface area contributed by atoms with Gasteiger partial charge in [0.15, 0.2) is 5.13 Å². The van der Waals surface area contributed by atoms with Crippen molar-refractivity contribution in [1.82, 2.24) is 9.55 Å². The third-order valence-electron chi connectivity index (χ3n) is 5.72. The highest BCUT2D eigenvalue weighted by Crippen LogP contribution is 2.36. The largest absolute Gasteiger partial charge is 0.497 e. The zero-order valence-corrected chi connectivity index (χ0v) is 17.5. The third kappa shape index (κ3) is 2.63. The molecule has 0 radical (unpaired) electrons. The van der Waals surface area contributed by atoms with Gasteiger partial charge in [-0.05, 0) is 48.4 Å². The Bertz CT molecular complexity index is 1190. The molecule has 3 heterocycles. The maximum atomic E-state index is 5.44. The minimum atomic E-state index is 0.916. The lowest BCUT2D eigenvalue weighted by Crippen LogP contribution is -2.31. The molecule has 144 valence electrons. The second-order valence-corrected chi connectivity index (χ2v) is 8.59. The zero-order chi connectivity index (χ0) is 19.4. The van der Waals surface area contributed by atoms with E-state index in [4.69, 9.17) is 9.72 Å². The molecular formula is C22H24N4OS. The van der Waals surface area contributed by atoms with E-state index >= 15 is 0 Å². The lowest BCUT2D eigenvalue weighted by molar-refractivity contribution is 0.415. The number of ether oxygens (including phenoxy) is 1. The summed E-state index contributed by atoms with van der Waals surface area (Å²) in [6, 6.07) is 13.1. The standard InChI is InChI=1S/C22H24N4OS/c1-24(2)22-23-18-11-14(5-8-21(18)28-22)26-10-9-16-17-12-15(27-4)6-7-19(17)25(3)20(16)13-26/h5-8,11-12H,9-10,13H2,1-4H3. The van der Waals surface area contributed by atoms with Crippen molar-refractivity contribution in [3.05, 3.63) is 47.7 Å². The Kier molecular flexibility index (Phi) is 3.98. The molecule has 0 bridgehead atoms. The molecule has 5 rings (SSSR count). The van der Waals surface area contributed by atoms with Gasteiger partial charge in [0, 0.05) is 50.0 Å². The number of thiazole rings is 1. The van der Waals surface area contributed by atoms with Crippen molar-refractivity contribution in [3.8, 4) is 5.75 Å². The van der Waals surface area contributed by atoms with Crippen molar-refractivity contribution in [3.63, 3.8) is 0 Å². The monoisotopic (exact) mass is 392 g/mol. The van der Waals surface area contributed by atoms with Gasteiger partial charge in [0.05, 0.1) is 23.9 Å². The zero-order valence-electron chi connectivity index (χ0n) is 16.7. The van der Waals surface area contributed by atoms with E-state index in [1.807, 2.05) is 20.2 Å². The van der Waals surface area contributed by atoms with E-state index in [0.717, 1.165) is 35.9 Å². The normalized spacial score (nSPS) is 13.9. The quantitative estimate of drug-likeness (QED) is 0.517. The minimum Gasteiger partial charge on any atom is -0.497 e. The number of benzene rings is 2. The molecule has 0 saturated carbocycles. The molecule has 0 atom stereocenters. The Hall–Kier alpha value is -2.73. The topological polar surface area (TPSA) is 33.5 Å². The van der Waals surface area contributed by atoms with Crippen LogP contribution in [0.2, 0.25) is 0 Å². The van der Waals surface area contributed by atoms with Gasteiger partial charge in [-0.15, -0.1) is 0 Å². The second kappa shape index (κ2) is 6.41. The predicted octanol–water partition coefficient (Wildman–Crippen LogP) is 4.43. The average Bonchev–Trinajstić information content (AvgIpc) is 3.27. The van der Waals surface area contributed by atoms with Gasteiger partial charge in [-0.3, -0.25) is 0 Å². The van der Waals surface area contributed by atoms with Crippen molar-refractivity contribution in [1.29, 1.82) is 0 Å². The average molecular weight is 393 g/mol. The predicted molar refractivity (Wildman–Crippen MR) is 118 cm³/mol. The smallest absolute Gasteiger partial charge is 0.185 e. The molecule has 0 aliphatic carbocycles. The molecule has 1 aliphatic heterocycles. The van der Waals surface area contributed by atoms with E-state index < -0.39 is 0 Å². The summed E-state index contributed by atoms with van der Waals surface area (Å²) >= 11 is 1.74. The molecule has 0 saturated heterocycles. The van der Waals surface area contributed by atoms with E-state index in [1.165, 1.54) is 32.5 Å². The van der Waals surface area contributed by atoms with Gasteiger partial charge >= 0.3 is 0 Å². The number of fused-ring (bicyclic) bond motifs is 4. The van der Waals surface area contributed by atoms with Gasteiger partial charge in [0.1, 0.15) is 5.75 Å². The fraction of sp³-hybridized carbons (Fsp3) is 0.318. The fourth-order valence-corrected chi connectivity index (χ4v) is 5.05. The van der Waals surface area contributed by atoms with Gasteiger partial charge < -0.3 is 19.1 Å². The first kappa shape index (κ1) is 17.4. The number of hydrogen-bond acceptors (Lipinski definition) is 5. The van der Waals surface area contributed by atoms with Crippen molar-refractivity contribution < 1.29 is 4.74 Å². The minimum absolute atomic E-state index is 0.916. The molecule has 0 spiro atoms. The van der Waals surface area contributed by atoms with Crippen LogP contribution in [0, 0.1) is 0 Å². The van der Waals surface area contributed by atoms with Crippen LogP contribution in [-0.4, -0.2) is 37.3 Å². The summed E-state index contributed by atoms with van der Waals surface area (Å²) < 4.78 is 9.02. The number of hydrogen-bond donors (Lipinski definition) is 0. The number of aromatic nitrogens is 2. The Morgan fingerprint density at radius 2 is 2.00 bits per heavy atom. The van der Waals surface area contributed by atoms with Gasteiger partial charge in [-0.2, -0.15) is 0 Å². The van der Waals surface area contributed by atoms with E-state index in [9.17, 15) is 0 Å². The first-order valence-electron chi connectivity index (χ1n) is 9.52. The van der Waals surface area contributed by atoms with E-state index in [-0.39, 0.29) is 0 Å². The molecule has 2 aromatic heterocycles. The molecule has 0 fully saturated rings. The molecule has 28 heavy (non-hydrogen) atoms. The summed E-state index contributed by atoms with van der Waals surface area (Å²) in [5.74, 6) is 0.925. The Labute approximate surface area is 168 Å². The van der Waals surface area contributed by atoms with Gasteiger partial charge in [0.2, 0.25) is 0 Å². The molecule has 1 aliphatic rings. The first-order chi connectivity index (χ1) is 13.5. The van der Waals surface area contributed by atoms with E-state index in [2.05, 4.69) is 51.7 Å². The van der Waals surface area contributed by atoms with Crippen LogP contribution in [-0.2, 0) is 20.0 Å². The number of methoxy groups -OCH3 is 1. The van der Waals surface area contributed by atoms with Gasteiger partial charge in [-0.25, -0.2) is 4.98 Å². The highest BCUT2D eigenvalue weighted by Gasteiger charge is 2.23. The van der Waals surface area contributed by atoms with Crippen LogP contribution in [0.25, 0.3) is 21.1 Å². The van der Waals surface area contributed by atoms with Crippen molar-refractivity contribution >= 4 is 43.3 Å². The van der Waals surface area contributed by atoms with Crippen molar-refractivity contribution in [2.24, 2.45) is 7.05 Å². The summed E-state index contributed by atoms with van der Waals surface area (Å²) in [7, 11) is 7.98. The summed E-state index contributed by atoms with van der Waals surface area (Å²) in [6.07, 6.45) is 1.04. The molecule has 4 aromatic rings. The highest BCUT2D eigenvalue weighted by atomic mass is 32.1. The number of nitrogens with zero attached hydrogens (tertiary/aromatic N) is 4. The van der Waals surface area contributed by atoms with E-state index in [1.54, 1.807) is 18.4 Å². The lowest BCUT2D eigenvalue weighted by atomic mass is 10.0. The summed E-state index contributed by atoms with van der Waals surface area (Å²) in [5.41, 5.74) is 6.45. The maximum absolute atomic E-state index is 5.44. The van der Waals surface area contributed by atoms with Crippen LogP contribution >= 0.6 is 11.3 Å². The van der Waals surface area contributed by atoms with E-state index in [0.29, 0.717) is 0 Å². The molecule has 0 unspecified atom stereocenters. The Morgan fingerprint density at radius 1 is 1.14 bits per heavy atom. The number of anilines is 2. The Balaban J connectivity index is 1.52. The molecular weight excluding hydrogens is 368 g/mol. The number of rotatable bonds is 3. The summed E-state index contributed by atoms with van der Waals surface area (Å²) in [6.45, 7) is 1.93. The molecule has 0 amide bonds. The van der Waals surface area contributed by atoms with Crippen LogP contribution in [0.3, 0.4) is 0 Å². The van der Waals surface area contributed by atoms with Gasteiger partial charge in [0.25, 0.3) is 0 Å². The van der Waals surface area contributed by atoms with Crippen molar-refractivity contribution in [2.75, 3.05) is 37.5 Å². The van der Waals surface area contributed by atoms with Crippen LogP contribution in [0.1, 0.15) is 11.3 Å². The van der Waals surface area contributed by atoms with Crippen LogP contribution < -0.4 is 14.5 Å². The van der Waals surface area contributed by atoms with Crippen LogP contribution in [0.4, 0.5) is 10.8 Å². The molecule has 0 N–H and O–H groups in total. The lowest BCUT2D eigenvalue weighted by Gasteiger charge is -2.30. The third-order valence-corrected chi connectivity index (χ3v) is 6.93. The molecule has 2 aromatic carbocycles. The van der Waals surface area contributed by atoms with Crippen molar-refractivity contribution in [2.45, 2.75) is 13.0 Å². The summed E-state index contributed by atoms with van der Waals surface area (Å²) in [4.78, 5) is 9.32. The highest BCUT2D eigenvalue weighted by molar-refractivity contribution is 7.22. The van der Waals surface area contributed by atoms with Crippen LogP contribution in [0.15, 0.2) is 36.4 Å². The van der Waals surface area contributed by atoms with Crippen LogP contribution in [0.5, 0.6) is 5.75 Å². The fourth-order valence-electron chi connectivity index (χ4n) is 4.18. The second-order valence-electron chi connectivity index (χ2n) is 7.58.